The van der Waals surface area contributed by atoms with E-state index in [0.29, 0.717) is 0 Å². The van der Waals surface area contributed by atoms with Crippen LogP contribution >= 0.6 is 15.9 Å². The van der Waals surface area contributed by atoms with Gasteiger partial charge in [0, 0.05) is 0 Å². The van der Waals surface area contributed by atoms with Crippen LogP contribution in [0.15, 0.2) is 24.3 Å². The number of hydrogen-bond acceptors (Lipinski definition) is 1. The molecule has 0 N–H and O–H groups in total. The highest BCUT2D eigenvalue weighted by Crippen LogP contribution is 2.24. The molecule has 0 saturated heterocycles. The summed E-state index contributed by atoms with van der Waals surface area (Å²) in [5, 5.41) is 0. The molecule has 0 spiro atoms. The van der Waals surface area contributed by atoms with Crippen LogP contribution in [0.2, 0.25) is 0 Å². The van der Waals surface area contributed by atoms with E-state index in [0.717, 1.165) is 5.56 Å². The van der Waals surface area contributed by atoms with Gasteiger partial charge in [-0.15, -0.1) is 0 Å². The Labute approximate surface area is 80.3 Å². The van der Waals surface area contributed by atoms with Crippen LogP contribution < -0.4 is 0 Å². The molecule has 0 radical (unpaired) electrons. The molecule has 1 unspecified atom stereocenters. The fourth-order valence-corrected chi connectivity index (χ4v) is 1.24. The third-order valence-corrected chi connectivity index (χ3v) is 2.92. The van der Waals surface area contributed by atoms with Gasteiger partial charge in [-0.25, -0.2) is 4.39 Å². The maximum absolute atomic E-state index is 12.8. The fraction of sp³-hybridized carbons (Fsp3) is 0.333. The Morgan fingerprint density at radius 3 is 2.58 bits per heavy atom. The minimum absolute atomic E-state index is 0.0770. The Morgan fingerprint density at radius 2 is 2.08 bits per heavy atom. The number of nitrogens with zero attached hydrogens (tertiary/aromatic N) is 1. The monoisotopic (exact) mass is 231 g/mol. The average molecular weight is 232 g/mol. The summed E-state index contributed by atoms with van der Waals surface area (Å²) in [6.45, 7) is 0. The smallest absolute Gasteiger partial charge is 0.123 e. The largest absolute Gasteiger partial charge is 0.293 e. The highest BCUT2D eigenvalue weighted by molar-refractivity contribution is 9.09. The summed E-state index contributed by atoms with van der Waals surface area (Å²) in [4.78, 5) is 2.04. The first-order chi connectivity index (χ1) is 5.61. The predicted molar refractivity (Wildman–Crippen MR) is 51.8 cm³/mol. The van der Waals surface area contributed by atoms with E-state index in [2.05, 4.69) is 15.9 Å². The lowest BCUT2D eigenvalue weighted by Gasteiger charge is -2.17. The van der Waals surface area contributed by atoms with Crippen LogP contribution in [0.1, 0.15) is 10.5 Å². The molecule has 1 atom stereocenters. The van der Waals surface area contributed by atoms with E-state index >= 15 is 0 Å². The molecule has 0 aliphatic heterocycles. The second kappa shape index (κ2) is 4.01. The van der Waals surface area contributed by atoms with Crippen molar-refractivity contribution in [1.29, 1.82) is 0 Å². The van der Waals surface area contributed by atoms with E-state index in [-0.39, 0.29) is 10.8 Å². The van der Waals surface area contributed by atoms with E-state index in [4.69, 9.17) is 0 Å². The maximum Gasteiger partial charge on any atom is 0.123 e. The van der Waals surface area contributed by atoms with E-state index in [1.165, 1.54) is 12.1 Å². The summed E-state index contributed by atoms with van der Waals surface area (Å²) >= 11 is 3.44. The molecule has 1 aromatic rings. The van der Waals surface area contributed by atoms with E-state index in [1.807, 2.05) is 25.1 Å². The Kier molecular flexibility index (Phi) is 3.23. The van der Waals surface area contributed by atoms with E-state index in [9.17, 15) is 4.39 Å². The van der Waals surface area contributed by atoms with Crippen LogP contribution in [0.25, 0.3) is 0 Å². The molecular formula is C9H11BrFN. The van der Waals surface area contributed by atoms with Crippen molar-refractivity contribution in [1.82, 2.24) is 4.90 Å². The minimum atomic E-state index is -0.196. The van der Waals surface area contributed by atoms with Crippen molar-refractivity contribution in [3.63, 3.8) is 0 Å². The molecule has 0 aliphatic rings. The van der Waals surface area contributed by atoms with Crippen molar-refractivity contribution >= 4 is 15.9 Å². The van der Waals surface area contributed by atoms with Gasteiger partial charge in [0.2, 0.25) is 0 Å². The van der Waals surface area contributed by atoms with Gasteiger partial charge in [-0.1, -0.05) is 28.1 Å². The van der Waals surface area contributed by atoms with Crippen LogP contribution in [-0.2, 0) is 0 Å². The molecule has 0 saturated carbocycles. The molecule has 1 aromatic carbocycles. The van der Waals surface area contributed by atoms with Crippen molar-refractivity contribution in [2.75, 3.05) is 14.1 Å². The van der Waals surface area contributed by atoms with Gasteiger partial charge in [0.15, 0.2) is 0 Å². The zero-order valence-electron chi connectivity index (χ0n) is 7.09. The molecule has 0 fully saturated rings. The number of halogens is 2. The van der Waals surface area contributed by atoms with Crippen molar-refractivity contribution in [2.45, 2.75) is 4.95 Å². The third kappa shape index (κ3) is 2.29. The molecule has 0 heterocycles. The first-order valence-corrected chi connectivity index (χ1v) is 4.59. The highest BCUT2D eigenvalue weighted by atomic mass is 79.9. The second-order valence-electron chi connectivity index (χ2n) is 2.85. The van der Waals surface area contributed by atoms with Crippen LogP contribution in [0.3, 0.4) is 0 Å². The topological polar surface area (TPSA) is 3.24 Å². The SMILES string of the molecule is CN(C)C(Br)c1cccc(F)c1. The van der Waals surface area contributed by atoms with Crippen molar-refractivity contribution in [3.8, 4) is 0 Å². The molecule has 3 heteroatoms. The molecule has 66 valence electrons. The van der Waals surface area contributed by atoms with Crippen molar-refractivity contribution in [3.05, 3.63) is 35.6 Å². The van der Waals surface area contributed by atoms with Crippen LogP contribution in [0, 0.1) is 5.82 Å². The van der Waals surface area contributed by atoms with Crippen LogP contribution in [0.4, 0.5) is 4.39 Å². The van der Waals surface area contributed by atoms with Gasteiger partial charge in [-0.3, -0.25) is 4.90 Å². The zero-order chi connectivity index (χ0) is 9.14. The van der Waals surface area contributed by atoms with Crippen molar-refractivity contribution < 1.29 is 4.39 Å². The maximum atomic E-state index is 12.8. The molecule has 0 bridgehead atoms. The van der Waals surface area contributed by atoms with E-state index < -0.39 is 0 Å². The number of rotatable bonds is 2. The summed E-state index contributed by atoms with van der Waals surface area (Å²) in [7, 11) is 3.87. The molecule has 0 aliphatic carbocycles. The van der Waals surface area contributed by atoms with Gasteiger partial charge in [0.1, 0.15) is 5.82 Å². The van der Waals surface area contributed by atoms with Gasteiger partial charge in [0.05, 0.1) is 4.95 Å². The predicted octanol–water partition coefficient (Wildman–Crippen LogP) is 2.78. The average Bonchev–Trinajstić information content (AvgIpc) is 2.03. The van der Waals surface area contributed by atoms with Gasteiger partial charge in [0.25, 0.3) is 0 Å². The quantitative estimate of drug-likeness (QED) is 0.559. The lowest BCUT2D eigenvalue weighted by molar-refractivity contribution is 0.397. The van der Waals surface area contributed by atoms with Gasteiger partial charge >= 0.3 is 0 Å². The van der Waals surface area contributed by atoms with Gasteiger partial charge < -0.3 is 0 Å². The molecule has 1 nitrogen and oxygen atoms in total. The second-order valence-corrected chi connectivity index (χ2v) is 3.72. The molecule has 0 aromatic heterocycles. The Balaban J connectivity index is 2.88. The van der Waals surface area contributed by atoms with Crippen molar-refractivity contribution in [2.24, 2.45) is 0 Å². The first kappa shape index (κ1) is 9.68. The highest BCUT2D eigenvalue weighted by Gasteiger charge is 2.09. The van der Waals surface area contributed by atoms with Gasteiger partial charge in [-0.05, 0) is 31.8 Å². The number of hydrogen-bond donors (Lipinski definition) is 0. The summed E-state index contributed by atoms with van der Waals surface area (Å²) in [6, 6.07) is 6.57. The van der Waals surface area contributed by atoms with Gasteiger partial charge in [-0.2, -0.15) is 0 Å². The summed E-state index contributed by atoms with van der Waals surface area (Å²) in [6.07, 6.45) is 0. The number of benzene rings is 1. The lowest BCUT2D eigenvalue weighted by atomic mass is 10.2. The molecule has 0 amide bonds. The molecule has 12 heavy (non-hydrogen) atoms. The van der Waals surface area contributed by atoms with Crippen LogP contribution in [0.5, 0.6) is 0 Å². The Morgan fingerprint density at radius 1 is 1.42 bits per heavy atom. The molecular weight excluding hydrogens is 221 g/mol. The fourth-order valence-electron chi connectivity index (χ4n) is 0.953. The van der Waals surface area contributed by atoms with Crippen LogP contribution in [-0.4, -0.2) is 19.0 Å². The summed E-state index contributed by atoms with van der Waals surface area (Å²) < 4.78 is 12.8. The zero-order valence-corrected chi connectivity index (χ0v) is 8.68. The van der Waals surface area contributed by atoms with E-state index in [1.54, 1.807) is 6.07 Å². The summed E-state index contributed by atoms with van der Waals surface area (Å²) in [5.74, 6) is -0.196. The Bertz CT molecular complexity index is 262. The standard InChI is InChI=1S/C9H11BrFN/c1-12(2)9(10)7-4-3-5-8(11)6-7/h3-6,9H,1-2H3. The normalized spacial score (nSPS) is 13.4. The minimum Gasteiger partial charge on any atom is -0.293 e. The Hall–Kier alpha value is -0.410. The molecule has 1 rings (SSSR count). The number of alkyl halides is 1. The lowest BCUT2D eigenvalue weighted by Crippen LogP contribution is -2.14. The third-order valence-electron chi connectivity index (χ3n) is 1.58. The first-order valence-electron chi connectivity index (χ1n) is 3.67. The summed E-state index contributed by atoms with van der Waals surface area (Å²) in [5.41, 5.74) is 0.931.